The summed E-state index contributed by atoms with van der Waals surface area (Å²) in [6.07, 6.45) is 6.12. The standard InChI is InChI=1S/C15H22O2/c1-2-14(16)7-4-10-17-15-9-8-12-5-3-6-13(12)11-15/h8-9,11,14,16H,2-7,10H2,1H3. The van der Waals surface area contributed by atoms with E-state index >= 15 is 0 Å². The van der Waals surface area contributed by atoms with Crippen LogP contribution in [-0.4, -0.2) is 17.8 Å². The van der Waals surface area contributed by atoms with Crippen LogP contribution in [0.2, 0.25) is 0 Å². The first kappa shape index (κ1) is 12.4. The highest BCUT2D eigenvalue weighted by molar-refractivity contribution is 5.38. The third-order valence-electron chi connectivity index (χ3n) is 3.49. The maximum Gasteiger partial charge on any atom is 0.119 e. The second kappa shape index (κ2) is 6.06. The Balaban J connectivity index is 1.76. The van der Waals surface area contributed by atoms with Gasteiger partial charge in [-0.1, -0.05) is 13.0 Å². The molecular formula is C15H22O2. The average molecular weight is 234 g/mol. The summed E-state index contributed by atoms with van der Waals surface area (Å²) in [6.45, 7) is 2.71. The first-order valence-corrected chi connectivity index (χ1v) is 6.72. The summed E-state index contributed by atoms with van der Waals surface area (Å²) < 4.78 is 5.72. The zero-order valence-electron chi connectivity index (χ0n) is 10.6. The molecule has 1 atom stereocenters. The van der Waals surface area contributed by atoms with Crippen molar-refractivity contribution < 1.29 is 9.84 Å². The van der Waals surface area contributed by atoms with Gasteiger partial charge in [-0.15, -0.1) is 0 Å². The Kier molecular flexibility index (Phi) is 4.43. The third-order valence-corrected chi connectivity index (χ3v) is 3.49. The van der Waals surface area contributed by atoms with Gasteiger partial charge in [-0.2, -0.15) is 0 Å². The largest absolute Gasteiger partial charge is 0.494 e. The Labute approximate surface area is 104 Å². The summed E-state index contributed by atoms with van der Waals surface area (Å²) in [4.78, 5) is 0. The first-order chi connectivity index (χ1) is 8.29. The molecule has 0 saturated heterocycles. The van der Waals surface area contributed by atoms with Gasteiger partial charge in [0, 0.05) is 0 Å². The van der Waals surface area contributed by atoms with E-state index in [0.29, 0.717) is 6.61 Å². The SMILES string of the molecule is CCC(O)CCCOc1ccc2c(c1)CCC2. The molecule has 1 unspecified atom stereocenters. The highest BCUT2D eigenvalue weighted by Gasteiger charge is 2.11. The molecular weight excluding hydrogens is 212 g/mol. The Morgan fingerprint density at radius 3 is 2.94 bits per heavy atom. The van der Waals surface area contributed by atoms with Crippen molar-refractivity contribution in [1.29, 1.82) is 0 Å². The fourth-order valence-electron chi connectivity index (χ4n) is 2.35. The van der Waals surface area contributed by atoms with E-state index in [4.69, 9.17) is 4.74 Å². The maximum absolute atomic E-state index is 9.43. The maximum atomic E-state index is 9.43. The molecule has 0 saturated carbocycles. The van der Waals surface area contributed by atoms with Crippen LogP contribution in [0.25, 0.3) is 0 Å². The van der Waals surface area contributed by atoms with Crippen LogP contribution in [0, 0.1) is 0 Å². The van der Waals surface area contributed by atoms with Crippen molar-refractivity contribution in [2.24, 2.45) is 0 Å². The average Bonchev–Trinajstić information content (AvgIpc) is 2.81. The lowest BCUT2D eigenvalue weighted by Crippen LogP contribution is -2.07. The number of aliphatic hydroxyl groups excluding tert-OH is 1. The molecule has 0 aliphatic heterocycles. The monoisotopic (exact) mass is 234 g/mol. The number of hydrogen-bond acceptors (Lipinski definition) is 2. The molecule has 2 rings (SSSR count). The van der Waals surface area contributed by atoms with Gasteiger partial charge in [0.25, 0.3) is 0 Å². The van der Waals surface area contributed by atoms with Crippen molar-refractivity contribution in [1.82, 2.24) is 0 Å². The quantitative estimate of drug-likeness (QED) is 0.766. The fraction of sp³-hybridized carbons (Fsp3) is 0.600. The zero-order valence-corrected chi connectivity index (χ0v) is 10.6. The summed E-state index contributed by atoms with van der Waals surface area (Å²) in [6, 6.07) is 6.44. The summed E-state index contributed by atoms with van der Waals surface area (Å²) >= 11 is 0. The van der Waals surface area contributed by atoms with Crippen LogP contribution in [0.3, 0.4) is 0 Å². The molecule has 0 fully saturated rings. The molecule has 0 bridgehead atoms. The van der Waals surface area contributed by atoms with Crippen LogP contribution in [0.5, 0.6) is 5.75 Å². The lowest BCUT2D eigenvalue weighted by atomic mass is 10.1. The predicted octanol–water partition coefficient (Wildman–Crippen LogP) is 3.11. The van der Waals surface area contributed by atoms with Gasteiger partial charge in [-0.3, -0.25) is 0 Å². The molecule has 1 aromatic rings. The van der Waals surface area contributed by atoms with Crippen LogP contribution < -0.4 is 4.74 Å². The van der Waals surface area contributed by atoms with Gasteiger partial charge in [0.1, 0.15) is 5.75 Å². The van der Waals surface area contributed by atoms with Crippen molar-refractivity contribution in [2.75, 3.05) is 6.61 Å². The fourth-order valence-corrected chi connectivity index (χ4v) is 2.35. The zero-order chi connectivity index (χ0) is 12.1. The number of fused-ring (bicyclic) bond motifs is 1. The normalized spacial score (nSPS) is 15.6. The second-order valence-electron chi connectivity index (χ2n) is 4.84. The Morgan fingerprint density at radius 2 is 2.12 bits per heavy atom. The topological polar surface area (TPSA) is 29.5 Å². The highest BCUT2D eigenvalue weighted by atomic mass is 16.5. The van der Waals surface area contributed by atoms with Crippen LogP contribution in [0.4, 0.5) is 0 Å². The van der Waals surface area contributed by atoms with Gasteiger partial charge in [-0.05, 0) is 61.8 Å². The van der Waals surface area contributed by atoms with E-state index in [1.165, 1.54) is 30.4 Å². The van der Waals surface area contributed by atoms with Crippen LogP contribution in [-0.2, 0) is 12.8 Å². The summed E-state index contributed by atoms with van der Waals surface area (Å²) in [7, 11) is 0. The molecule has 94 valence electrons. The molecule has 1 aliphatic carbocycles. The smallest absolute Gasteiger partial charge is 0.119 e. The summed E-state index contributed by atoms with van der Waals surface area (Å²) in [5, 5.41) is 9.43. The Bertz CT molecular complexity index is 360. The number of benzene rings is 1. The molecule has 17 heavy (non-hydrogen) atoms. The van der Waals surface area contributed by atoms with Crippen molar-refractivity contribution in [2.45, 2.75) is 51.6 Å². The summed E-state index contributed by atoms with van der Waals surface area (Å²) in [5.41, 5.74) is 2.94. The third kappa shape index (κ3) is 3.47. The summed E-state index contributed by atoms with van der Waals surface area (Å²) in [5.74, 6) is 0.983. The van der Waals surface area contributed by atoms with E-state index in [-0.39, 0.29) is 6.10 Å². The number of rotatable bonds is 6. The number of aryl methyl sites for hydroxylation is 2. The molecule has 0 radical (unpaired) electrons. The molecule has 0 aromatic heterocycles. The van der Waals surface area contributed by atoms with Gasteiger partial charge in [0.05, 0.1) is 12.7 Å². The Hall–Kier alpha value is -1.02. The molecule has 0 spiro atoms. The first-order valence-electron chi connectivity index (χ1n) is 6.72. The van der Waals surface area contributed by atoms with E-state index in [1.807, 2.05) is 6.92 Å². The van der Waals surface area contributed by atoms with E-state index in [9.17, 15) is 5.11 Å². The van der Waals surface area contributed by atoms with Gasteiger partial charge in [-0.25, -0.2) is 0 Å². The van der Waals surface area contributed by atoms with E-state index in [1.54, 1.807) is 0 Å². The minimum Gasteiger partial charge on any atom is -0.494 e. The highest BCUT2D eigenvalue weighted by Crippen LogP contribution is 2.26. The number of aliphatic hydroxyl groups is 1. The number of hydrogen-bond donors (Lipinski definition) is 1. The molecule has 2 heteroatoms. The van der Waals surface area contributed by atoms with E-state index < -0.39 is 0 Å². The number of ether oxygens (including phenoxy) is 1. The van der Waals surface area contributed by atoms with E-state index in [2.05, 4.69) is 18.2 Å². The second-order valence-corrected chi connectivity index (χ2v) is 4.84. The van der Waals surface area contributed by atoms with Gasteiger partial charge in [0.15, 0.2) is 0 Å². The lowest BCUT2D eigenvalue weighted by Gasteiger charge is -2.10. The molecule has 1 aliphatic rings. The van der Waals surface area contributed by atoms with E-state index in [0.717, 1.165) is 25.0 Å². The van der Waals surface area contributed by atoms with Crippen molar-refractivity contribution >= 4 is 0 Å². The van der Waals surface area contributed by atoms with Crippen molar-refractivity contribution in [3.63, 3.8) is 0 Å². The molecule has 0 heterocycles. The predicted molar refractivity (Wildman–Crippen MR) is 69.5 cm³/mol. The van der Waals surface area contributed by atoms with Gasteiger partial charge in [0.2, 0.25) is 0 Å². The lowest BCUT2D eigenvalue weighted by molar-refractivity contribution is 0.149. The van der Waals surface area contributed by atoms with Crippen LogP contribution in [0.1, 0.15) is 43.7 Å². The molecule has 0 amide bonds. The van der Waals surface area contributed by atoms with Crippen LogP contribution in [0.15, 0.2) is 18.2 Å². The minimum absolute atomic E-state index is 0.168. The Morgan fingerprint density at radius 1 is 1.29 bits per heavy atom. The minimum atomic E-state index is -0.168. The molecule has 2 nitrogen and oxygen atoms in total. The van der Waals surface area contributed by atoms with Gasteiger partial charge >= 0.3 is 0 Å². The van der Waals surface area contributed by atoms with Crippen LogP contribution >= 0.6 is 0 Å². The van der Waals surface area contributed by atoms with Crippen molar-refractivity contribution in [3.05, 3.63) is 29.3 Å². The van der Waals surface area contributed by atoms with Crippen molar-refractivity contribution in [3.8, 4) is 5.75 Å². The molecule has 1 N–H and O–H groups in total. The molecule has 1 aromatic carbocycles. The van der Waals surface area contributed by atoms with Gasteiger partial charge < -0.3 is 9.84 Å².